The summed E-state index contributed by atoms with van der Waals surface area (Å²) in [6.07, 6.45) is 2.17. The quantitative estimate of drug-likeness (QED) is 0.908. The summed E-state index contributed by atoms with van der Waals surface area (Å²) in [7, 11) is 0. The van der Waals surface area contributed by atoms with Crippen molar-refractivity contribution in [2.24, 2.45) is 5.92 Å². The van der Waals surface area contributed by atoms with Gasteiger partial charge < -0.3 is 10.2 Å². The number of hydrogen-bond donors (Lipinski definition) is 1. The molecule has 2 atom stereocenters. The largest absolute Gasteiger partial charge is 0.353 e. The first-order chi connectivity index (χ1) is 10.8. The summed E-state index contributed by atoms with van der Waals surface area (Å²) in [5.74, 6) is -0.138. The predicted molar refractivity (Wildman–Crippen MR) is 91.9 cm³/mol. The molecule has 23 heavy (non-hydrogen) atoms. The zero-order valence-corrected chi connectivity index (χ0v) is 14.6. The number of rotatable bonds is 5. The van der Waals surface area contributed by atoms with Gasteiger partial charge in [0.05, 0.1) is 5.92 Å². The number of carbonyl (C=O) groups is 2. The van der Waals surface area contributed by atoms with E-state index >= 15 is 0 Å². The van der Waals surface area contributed by atoms with E-state index < -0.39 is 0 Å². The van der Waals surface area contributed by atoms with Gasteiger partial charge in [0.1, 0.15) is 0 Å². The summed E-state index contributed by atoms with van der Waals surface area (Å²) in [6, 6.07) is 10.4. The van der Waals surface area contributed by atoms with Gasteiger partial charge in [0.2, 0.25) is 11.8 Å². The minimum absolute atomic E-state index is 0.00524. The van der Waals surface area contributed by atoms with E-state index in [-0.39, 0.29) is 29.3 Å². The third kappa shape index (κ3) is 4.81. The maximum absolute atomic E-state index is 12.4. The third-order valence-corrected chi connectivity index (χ3v) is 4.40. The normalized spacial score (nSPS) is 19.7. The number of nitrogens with one attached hydrogen (secondary N) is 1. The fourth-order valence-corrected chi connectivity index (χ4v) is 2.99. The van der Waals surface area contributed by atoms with Gasteiger partial charge in [-0.2, -0.15) is 0 Å². The van der Waals surface area contributed by atoms with E-state index in [1.54, 1.807) is 0 Å². The van der Waals surface area contributed by atoms with Crippen LogP contribution in [-0.2, 0) is 16.0 Å². The molecule has 1 N–H and O–H groups in total. The van der Waals surface area contributed by atoms with Crippen LogP contribution in [-0.4, -0.2) is 34.8 Å². The Kier molecular flexibility index (Phi) is 5.45. The van der Waals surface area contributed by atoms with Gasteiger partial charge in [0.15, 0.2) is 0 Å². The lowest BCUT2D eigenvalue weighted by atomic mass is 10.0. The lowest BCUT2D eigenvalue weighted by molar-refractivity contribution is -0.132. The number of nitrogens with zero attached hydrogens (tertiary/aromatic N) is 1. The van der Waals surface area contributed by atoms with Gasteiger partial charge in [-0.15, -0.1) is 0 Å². The van der Waals surface area contributed by atoms with Crippen molar-refractivity contribution < 1.29 is 9.59 Å². The van der Waals surface area contributed by atoms with Crippen LogP contribution in [0, 0.1) is 5.92 Å². The molecule has 2 amide bonds. The van der Waals surface area contributed by atoms with Crippen LogP contribution in [0.1, 0.15) is 46.1 Å². The standard InChI is InChI=1S/C19H28N2O2/c1-14(10-11-15-8-6-5-7-9-15)20-18(23)16-12-17(22)21(13-16)19(2,3)4/h5-9,14,16H,10-13H2,1-4H3,(H,20,23)/t14-,16+/m0/s1. The zero-order chi connectivity index (χ0) is 17.0. The molecular weight excluding hydrogens is 288 g/mol. The molecule has 0 unspecified atom stereocenters. The molecule has 1 fully saturated rings. The Hall–Kier alpha value is -1.84. The number of likely N-dealkylation sites (tertiary alicyclic amines) is 1. The van der Waals surface area contributed by atoms with Crippen LogP contribution in [0.25, 0.3) is 0 Å². The van der Waals surface area contributed by atoms with Gasteiger partial charge in [-0.05, 0) is 46.1 Å². The van der Waals surface area contributed by atoms with E-state index in [4.69, 9.17) is 0 Å². The van der Waals surface area contributed by atoms with Crippen LogP contribution in [0.4, 0.5) is 0 Å². The fourth-order valence-electron chi connectivity index (χ4n) is 2.99. The molecule has 0 aromatic heterocycles. The molecule has 1 aliphatic heterocycles. The molecule has 0 bridgehead atoms. The molecule has 0 aliphatic carbocycles. The Balaban J connectivity index is 1.81. The Morgan fingerprint density at radius 2 is 1.96 bits per heavy atom. The Labute approximate surface area is 139 Å². The van der Waals surface area contributed by atoms with E-state index in [0.717, 1.165) is 12.8 Å². The van der Waals surface area contributed by atoms with Crippen molar-refractivity contribution in [3.05, 3.63) is 35.9 Å². The van der Waals surface area contributed by atoms with E-state index in [2.05, 4.69) is 17.4 Å². The average Bonchev–Trinajstić information content (AvgIpc) is 2.88. The molecule has 4 heteroatoms. The number of hydrogen-bond acceptors (Lipinski definition) is 2. The van der Waals surface area contributed by atoms with E-state index in [1.807, 2.05) is 50.8 Å². The van der Waals surface area contributed by atoms with Gasteiger partial charge in [-0.25, -0.2) is 0 Å². The lowest BCUT2D eigenvalue weighted by Crippen LogP contribution is -2.44. The summed E-state index contributed by atoms with van der Waals surface area (Å²) in [4.78, 5) is 26.3. The summed E-state index contributed by atoms with van der Waals surface area (Å²) < 4.78 is 0. The highest BCUT2D eigenvalue weighted by Crippen LogP contribution is 2.26. The highest BCUT2D eigenvalue weighted by molar-refractivity contribution is 5.89. The van der Waals surface area contributed by atoms with Crippen molar-refractivity contribution >= 4 is 11.8 Å². The maximum atomic E-state index is 12.4. The van der Waals surface area contributed by atoms with Crippen molar-refractivity contribution in [3.8, 4) is 0 Å². The SMILES string of the molecule is C[C@@H](CCc1ccccc1)NC(=O)[C@@H]1CC(=O)N(C(C)(C)C)C1. The molecule has 1 heterocycles. The van der Waals surface area contributed by atoms with Crippen LogP contribution in [0.5, 0.6) is 0 Å². The molecule has 4 nitrogen and oxygen atoms in total. The summed E-state index contributed by atoms with van der Waals surface area (Å²) >= 11 is 0. The van der Waals surface area contributed by atoms with Crippen LogP contribution >= 0.6 is 0 Å². The van der Waals surface area contributed by atoms with Crippen LogP contribution in [0.15, 0.2) is 30.3 Å². The van der Waals surface area contributed by atoms with E-state index in [9.17, 15) is 9.59 Å². The fraction of sp³-hybridized carbons (Fsp3) is 0.579. The van der Waals surface area contributed by atoms with E-state index in [0.29, 0.717) is 13.0 Å². The van der Waals surface area contributed by atoms with Crippen LogP contribution < -0.4 is 5.32 Å². The Morgan fingerprint density at radius 1 is 1.30 bits per heavy atom. The number of aryl methyl sites for hydroxylation is 1. The second-order valence-corrected chi connectivity index (χ2v) is 7.51. The minimum atomic E-state index is -0.221. The van der Waals surface area contributed by atoms with Gasteiger partial charge in [-0.3, -0.25) is 9.59 Å². The van der Waals surface area contributed by atoms with Crippen LogP contribution in [0.3, 0.4) is 0 Å². The van der Waals surface area contributed by atoms with Gasteiger partial charge in [-0.1, -0.05) is 30.3 Å². The smallest absolute Gasteiger partial charge is 0.225 e. The maximum Gasteiger partial charge on any atom is 0.225 e. The molecule has 1 aromatic rings. The number of carbonyl (C=O) groups excluding carboxylic acids is 2. The average molecular weight is 316 g/mol. The molecule has 0 radical (unpaired) electrons. The number of amides is 2. The lowest BCUT2D eigenvalue weighted by Gasteiger charge is -2.32. The first-order valence-electron chi connectivity index (χ1n) is 8.42. The predicted octanol–water partition coefficient (Wildman–Crippen LogP) is 2.77. The number of benzene rings is 1. The third-order valence-electron chi connectivity index (χ3n) is 4.40. The van der Waals surface area contributed by atoms with Crippen molar-refractivity contribution in [1.82, 2.24) is 10.2 Å². The van der Waals surface area contributed by atoms with Crippen LogP contribution in [0.2, 0.25) is 0 Å². The highest BCUT2D eigenvalue weighted by atomic mass is 16.2. The van der Waals surface area contributed by atoms with Crippen molar-refractivity contribution in [2.45, 2.75) is 58.5 Å². The van der Waals surface area contributed by atoms with Crippen molar-refractivity contribution in [3.63, 3.8) is 0 Å². The summed E-state index contributed by atoms with van der Waals surface area (Å²) in [5.41, 5.74) is 1.06. The topological polar surface area (TPSA) is 49.4 Å². The molecular formula is C19H28N2O2. The first kappa shape index (κ1) is 17.5. The first-order valence-corrected chi connectivity index (χ1v) is 8.42. The monoisotopic (exact) mass is 316 g/mol. The Morgan fingerprint density at radius 3 is 2.52 bits per heavy atom. The van der Waals surface area contributed by atoms with Gasteiger partial charge >= 0.3 is 0 Å². The van der Waals surface area contributed by atoms with Crippen molar-refractivity contribution in [2.75, 3.05) is 6.54 Å². The van der Waals surface area contributed by atoms with Gasteiger partial charge in [0.25, 0.3) is 0 Å². The molecule has 1 aromatic carbocycles. The Bertz CT molecular complexity index is 548. The molecule has 1 aliphatic rings. The molecule has 1 saturated heterocycles. The molecule has 2 rings (SSSR count). The second kappa shape index (κ2) is 7.16. The highest BCUT2D eigenvalue weighted by Gasteiger charge is 2.39. The molecule has 126 valence electrons. The second-order valence-electron chi connectivity index (χ2n) is 7.51. The van der Waals surface area contributed by atoms with Crippen molar-refractivity contribution in [1.29, 1.82) is 0 Å². The summed E-state index contributed by atoms with van der Waals surface area (Å²) in [5, 5.41) is 3.07. The van der Waals surface area contributed by atoms with Gasteiger partial charge in [0, 0.05) is 24.5 Å². The zero-order valence-electron chi connectivity index (χ0n) is 14.6. The molecule has 0 spiro atoms. The molecule has 0 saturated carbocycles. The van der Waals surface area contributed by atoms with E-state index in [1.165, 1.54) is 5.56 Å². The minimum Gasteiger partial charge on any atom is -0.353 e. The summed E-state index contributed by atoms with van der Waals surface area (Å²) in [6.45, 7) is 8.58.